The molecule has 1 aliphatic heterocycles. The van der Waals surface area contributed by atoms with Crippen LogP contribution < -0.4 is 37.1 Å². The average molecular weight is 890 g/mol. The van der Waals surface area contributed by atoms with Gasteiger partial charge in [-0.2, -0.15) is 10.2 Å². The summed E-state index contributed by atoms with van der Waals surface area (Å²) < 4.78 is 13.2. The molecule has 4 aromatic heterocycles. The predicted molar refractivity (Wildman–Crippen MR) is 245 cm³/mol. The molecule has 0 saturated carbocycles. The molecule has 342 valence electrons. The molecule has 1 atom stereocenters. The maximum atomic E-state index is 13.9. The Hall–Kier alpha value is -7.55. The number of hydrogen-bond donors (Lipinski definition) is 5. The lowest BCUT2D eigenvalue weighted by molar-refractivity contribution is -0.121. The van der Waals surface area contributed by atoms with Crippen molar-refractivity contribution in [3.8, 4) is 5.75 Å². The van der Waals surface area contributed by atoms with Gasteiger partial charge >= 0.3 is 0 Å². The van der Waals surface area contributed by atoms with E-state index in [1.807, 2.05) is 63.5 Å². The van der Waals surface area contributed by atoms with Gasteiger partial charge in [0, 0.05) is 50.9 Å². The first kappa shape index (κ1) is 45.5. The van der Waals surface area contributed by atoms with Gasteiger partial charge in [0.25, 0.3) is 11.8 Å². The molecule has 2 aromatic carbocycles. The third-order valence-corrected chi connectivity index (χ3v) is 11.0. The number of carbonyl (C=O) groups is 5. The molecule has 0 aliphatic carbocycles. The fourth-order valence-corrected chi connectivity index (χ4v) is 7.99. The van der Waals surface area contributed by atoms with E-state index in [4.69, 9.17) is 26.2 Å². The van der Waals surface area contributed by atoms with Crippen molar-refractivity contribution < 1.29 is 28.7 Å². The lowest BCUT2D eigenvalue weighted by Gasteiger charge is -2.18. The number of benzene rings is 2. The molecule has 5 amide bonds. The molecule has 7 rings (SSSR count). The largest absolute Gasteiger partial charge is 0.491 e. The molecule has 0 bridgehead atoms. The van der Waals surface area contributed by atoms with Gasteiger partial charge in [0.1, 0.15) is 22.7 Å². The number of aromatic nitrogens is 8. The first-order chi connectivity index (χ1) is 31.1. The second-order valence-electron chi connectivity index (χ2n) is 16.2. The molecule has 0 spiro atoms. The molecule has 0 saturated heterocycles. The Morgan fingerprint density at radius 2 is 1.42 bits per heavy atom. The van der Waals surface area contributed by atoms with Crippen LogP contribution in [0, 0.1) is 13.8 Å². The second-order valence-corrected chi connectivity index (χ2v) is 16.2. The maximum absolute atomic E-state index is 13.9. The molecular formula is C44H55N15O6. The first-order valence-electron chi connectivity index (χ1n) is 21.4. The minimum atomic E-state index is -0.694. The third kappa shape index (κ3) is 9.69. The quantitative estimate of drug-likeness (QED) is 0.0616. The Morgan fingerprint density at radius 3 is 2.02 bits per heavy atom. The van der Waals surface area contributed by atoms with E-state index in [-0.39, 0.29) is 54.7 Å². The summed E-state index contributed by atoms with van der Waals surface area (Å²) in [5.41, 5.74) is 16.7. The second kappa shape index (κ2) is 19.1. The molecule has 5 heterocycles. The van der Waals surface area contributed by atoms with Crippen LogP contribution in [0.2, 0.25) is 0 Å². The Balaban J connectivity index is 1.29. The summed E-state index contributed by atoms with van der Waals surface area (Å²) >= 11 is 0. The van der Waals surface area contributed by atoms with Crippen molar-refractivity contribution in [1.82, 2.24) is 48.9 Å². The van der Waals surface area contributed by atoms with Gasteiger partial charge in [-0.25, -0.2) is 9.97 Å². The van der Waals surface area contributed by atoms with Crippen molar-refractivity contribution in [3.63, 3.8) is 0 Å². The fourth-order valence-electron chi connectivity index (χ4n) is 7.99. The number of ether oxygens (including phenoxy) is 1. The number of carbonyl (C=O) groups excluding carboxylic acids is 5. The van der Waals surface area contributed by atoms with E-state index in [1.54, 1.807) is 62.2 Å². The Morgan fingerprint density at radius 1 is 0.831 bits per heavy atom. The molecule has 1 aliphatic rings. The van der Waals surface area contributed by atoms with E-state index < -0.39 is 23.6 Å². The van der Waals surface area contributed by atoms with E-state index in [1.165, 1.54) is 0 Å². The number of nitrogens with zero attached hydrogens (tertiary/aromatic N) is 10. The van der Waals surface area contributed by atoms with Crippen molar-refractivity contribution in [2.45, 2.75) is 66.2 Å². The van der Waals surface area contributed by atoms with Crippen LogP contribution in [0.5, 0.6) is 5.75 Å². The molecule has 0 radical (unpaired) electrons. The van der Waals surface area contributed by atoms with Crippen molar-refractivity contribution in [1.29, 1.82) is 0 Å². The molecule has 0 unspecified atom stereocenters. The number of aryl methyl sites for hydroxylation is 4. The highest BCUT2D eigenvalue weighted by atomic mass is 16.5. The zero-order valence-corrected chi connectivity index (χ0v) is 37.6. The third-order valence-electron chi connectivity index (χ3n) is 11.0. The van der Waals surface area contributed by atoms with Crippen LogP contribution in [0.25, 0.3) is 22.1 Å². The van der Waals surface area contributed by atoms with Crippen molar-refractivity contribution in [3.05, 3.63) is 82.5 Å². The molecule has 21 heteroatoms. The van der Waals surface area contributed by atoms with Gasteiger partial charge in [-0.3, -0.25) is 44.0 Å². The molecule has 21 nitrogen and oxygen atoms in total. The number of primary amides is 2. The maximum Gasteiger partial charge on any atom is 0.276 e. The number of fused-ring (bicyclic) bond motifs is 1. The summed E-state index contributed by atoms with van der Waals surface area (Å²) in [6.45, 7) is 9.84. The smallest absolute Gasteiger partial charge is 0.276 e. The number of rotatable bonds is 18. The van der Waals surface area contributed by atoms with Crippen LogP contribution in [0.3, 0.4) is 0 Å². The number of amides is 5. The summed E-state index contributed by atoms with van der Waals surface area (Å²) in [5, 5.41) is 17.7. The van der Waals surface area contributed by atoms with Crippen molar-refractivity contribution in [2.24, 2.45) is 11.5 Å². The molecule has 65 heavy (non-hydrogen) atoms. The van der Waals surface area contributed by atoms with Crippen LogP contribution in [-0.4, -0.2) is 120 Å². The van der Waals surface area contributed by atoms with E-state index in [2.05, 4.69) is 26.1 Å². The van der Waals surface area contributed by atoms with Gasteiger partial charge in [-0.15, -0.1) is 0 Å². The zero-order valence-electron chi connectivity index (χ0n) is 37.6. The monoisotopic (exact) mass is 889 g/mol. The van der Waals surface area contributed by atoms with Crippen molar-refractivity contribution >= 4 is 69.2 Å². The summed E-state index contributed by atoms with van der Waals surface area (Å²) in [7, 11) is 5.54. The number of hydrogen-bond acceptors (Lipinski definition) is 12. The molecular weight excluding hydrogens is 835 g/mol. The van der Waals surface area contributed by atoms with Crippen LogP contribution in [0.4, 0.5) is 17.6 Å². The number of anilines is 3. The normalized spacial score (nSPS) is 13.8. The van der Waals surface area contributed by atoms with Crippen LogP contribution in [-0.2, 0) is 24.4 Å². The molecule has 0 fully saturated rings. The molecule has 7 N–H and O–H groups in total. The SMILES string of the molecule is CCn1nc(C)cc1C(=O)Nc1nc2cc(C(N)=O)cc(OCCCNC(=O)CN(C)C)c2n1C/C=C/[C@H]1CCN(C)c2cc(C(N)=O)cc3nc(NC(=O)c4cc(C)nn4CC)n1c23. The summed E-state index contributed by atoms with van der Waals surface area (Å²) in [6.07, 6.45) is 4.92. The molecule has 6 aromatic rings. The van der Waals surface area contributed by atoms with Crippen LogP contribution >= 0.6 is 0 Å². The fraction of sp³-hybridized carbons (Fsp3) is 0.386. The van der Waals surface area contributed by atoms with Gasteiger partial charge in [0.15, 0.2) is 0 Å². The van der Waals surface area contributed by atoms with Crippen LogP contribution in [0.15, 0.2) is 48.6 Å². The highest BCUT2D eigenvalue weighted by molar-refractivity contribution is 6.06. The average Bonchev–Trinajstić information content (AvgIpc) is 4.00. The van der Waals surface area contributed by atoms with Gasteiger partial charge in [-0.1, -0.05) is 12.2 Å². The van der Waals surface area contributed by atoms with Crippen LogP contribution in [0.1, 0.15) is 85.8 Å². The Bertz CT molecular complexity index is 2850. The highest BCUT2D eigenvalue weighted by Crippen LogP contribution is 2.38. The summed E-state index contributed by atoms with van der Waals surface area (Å²) in [6, 6.07) is 9.45. The minimum absolute atomic E-state index is 0.123. The van der Waals surface area contributed by atoms with E-state index in [0.717, 1.165) is 0 Å². The topological polar surface area (TPSA) is 260 Å². The highest BCUT2D eigenvalue weighted by Gasteiger charge is 2.29. The number of allylic oxidation sites excluding steroid dienone is 2. The number of nitrogens with two attached hydrogens (primary N) is 2. The van der Waals surface area contributed by atoms with E-state index in [9.17, 15) is 24.0 Å². The minimum Gasteiger partial charge on any atom is -0.491 e. The predicted octanol–water partition coefficient (Wildman–Crippen LogP) is 3.22. The number of likely N-dealkylation sites (N-methyl/N-ethyl adjacent to an activating group) is 1. The lowest BCUT2D eigenvalue weighted by atomic mass is 10.1. The number of imidazole rings is 2. The van der Waals surface area contributed by atoms with E-state index in [0.29, 0.717) is 95.3 Å². The van der Waals surface area contributed by atoms with Gasteiger partial charge in [-0.05, 0) is 91.0 Å². The van der Waals surface area contributed by atoms with Gasteiger partial charge in [0.05, 0.1) is 52.8 Å². The van der Waals surface area contributed by atoms with Gasteiger partial charge in [0.2, 0.25) is 29.6 Å². The standard InChI is InChI=1S/C44H55N15O6/c1-8-57-33(18-25(3)52-57)41(63)50-43-48-31-21-28(40(46)62)23-35(65-17-11-14-47-36(60)24-54(5)6)38(31)56(43)15-10-12-29-13-16-55(7)32-22-27(39(45)61)20-30-37(32)59(29)44(49-30)51-42(64)34-19-26(4)53-58(34)9-2/h10,12,18-23,29H,8-9,11,13-17,24H2,1-7H3,(H2,45,61)(H2,46,62)(H,47,60)(H,48,50,63)(H,49,51,64)/b12-10+/t29-/m0/s1. The Kier molecular flexibility index (Phi) is 13.3. The van der Waals surface area contributed by atoms with E-state index >= 15 is 0 Å². The first-order valence-corrected chi connectivity index (χ1v) is 21.4. The Labute approximate surface area is 374 Å². The van der Waals surface area contributed by atoms with Crippen molar-refractivity contribution in [2.75, 3.05) is 62.9 Å². The number of nitrogens with one attached hydrogen (secondary N) is 3. The zero-order chi connectivity index (χ0) is 46.7. The lowest BCUT2D eigenvalue weighted by Crippen LogP contribution is -2.34. The summed E-state index contributed by atoms with van der Waals surface area (Å²) in [4.78, 5) is 78.6. The summed E-state index contributed by atoms with van der Waals surface area (Å²) in [5.74, 6) is -1.55. The van der Waals surface area contributed by atoms with Gasteiger partial charge < -0.3 is 40.5 Å².